The van der Waals surface area contributed by atoms with Gasteiger partial charge < -0.3 is 10.6 Å². The van der Waals surface area contributed by atoms with Gasteiger partial charge in [0.1, 0.15) is 0 Å². The van der Waals surface area contributed by atoms with Crippen LogP contribution in [0.4, 0.5) is 0 Å². The molecule has 0 amide bonds. The van der Waals surface area contributed by atoms with Gasteiger partial charge in [0.15, 0.2) is 5.96 Å². The van der Waals surface area contributed by atoms with E-state index in [9.17, 15) is 0 Å². The van der Waals surface area contributed by atoms with Crippen molar-refractivity contribution < 1.29 is 0 Å². The molecule has 13 heavy (non-hydrogen) atoms. The maximum atomic E-state index is 7.26. The summed E-state index contributed by atoms with van der Waals surface area (Å²) in [5.74, 6) is 0.0538. The molecule has 1 aromatic heterocycles. The zero-order valence-electron chi connectivity index (χ0n) is 7.86. The Labute approximate surface area is 77.9 Å². The summed E-state index contributed by atoms with van der Waals surface area (Å²) in [5, 5.41) is 7.26. The van der Waals surface area contributed by atoms with Crippen molar-refractivity contribution in [2.75, 3.05) is 7.05 Å². The fraction of sp³-hybridized carbons (Fsp3) is 0.333. The normalized spacial score (nSPS) is 12.2. The van der Waals surface area contributed by atoms with Gasteiger partial charge in [0.2, 0.25) is 0 Å². The van der Waals surface area contributed by atoms with Crippen molar-refractivity contribution in [2.24, 2.45) is 5.73 Å². The minimum absolute atomic E-state index is 0.0405. The number of nitrogens with two attached hydrogens (primary N) is 1. The van der Waals surface area contributed by atoms with Crippen LogP contribution in [0, 0.1) is 5.41 Å². The molecule has 0 aromatic carbocycles. The van der Waals surface area contributed by atoms with Gasteiger partial charge in [-0.2, -0.15) is 0 Å². The molecule has 0 bridgehead atoms. The van der Waals surface area contributed by atoms with E-state index in [-0.39, 0.29) is 12.0 Å². The first kappa shape index (κ1) is 9.51. The van der Waals surface area contributed by atoms with Crippen molar-refractivity contribution in [3.8, 4) is 0 Å². The molecule has 1 rings (SSSR count). The van der Waals surface area contributed by atoms with Crippen LogP contribution >= 0.6 is 0 Å². The lowest BCUT2D eigenvalue weighted by Crippen LogP contribution is -2.35. The molecule has 0 spiro atoms. The smallest absolute Gasteiger partial charge is 0.188 e. The van der Waals surface area contributed by atoms with E-state index in [0.29, 0.717) is 0 Å². The molecule has 4 nitrogen and oxygen atoms in total. The van der Waals surface area contributed by atoms with Gasteiger partial charge in [-0.3, -0.25) is 10.4 Å². The second kappa shape index (κ2) is 3.89. The number of pyridine rings is 1. The second-order valence-corrected chi connectivity index (χ2v) is 2.93. The number of aromatic nitrogens is 1. The maximum absolute atomic E-state index is 7.26. The van der Waals surface area contributed by atoms with Crippen LogP contribution in [0.2, 0.25) is 0 Å². The lowest BCUT2D eigenvalue weighted by Gasteiger charge is -2.24. The topological polar surface area (TPSA) is 66.0 Å². The molecule has 0 saturated carbocycles. The van der Waals surface area contributed by atoms with Crippen molar-refractivity contribution in [1.29, 1.82) is 5.41 Å². The first-order valence-electron chi connectivity index (χ1n) is 4.10. The van der Waals surface area contributed by atoms with Gasteiger partial charge >= 0.3 is 0 Å². The monoisotopic (exact) mass is 178 g/mol. The van der Waals surface area contributed by atoms with E-state index in [0.717, 1.165) is 5.69 Å². The van der Waals surface area contributed by atoms with Crippen molar-refractivity contribution in [1.82, 2.24) is 9.88 Å². The zero-order valence-corrected chi connectivity index (χ0v) is 7.86. The molecule has 0 fully saturated rings. The Hall–Kier alpha value is -1.58. The molecular weight excluding hydrogens is 164 g/mol. The average molecular weight is 178 g/mol. The predicted molar refractivity (Wildman–Crippen MR) is 52.3 cm³/mol. The Bertz CT molecular complexity index is 283. The molecule has 4 heteroatoms. The summed E-state index contributed by atoms with van der Waals surface area (Å²) in [7, 11) is 1.78. The zero-order chi connectivity index (χ0) is 9.84. The summed E-state index contributed by atoms with van der Waals surface area (Å²) in [6.45, 7) is 1.96. The van der Waals surface area contributed by atoms with Gasteiger partial charge in [-0.15, -0.1) is 0 Å². The van der Waals surface area contributed by atoms with Crippen LogP contribution in [-0.4, -0.2) is 22.9 Å². The quantitative estimate of drug-likeness (QED) is 0.524. The van der Waals surface area contributed by atoms with Crippen LogP contribution in [-0.2, 0) is 0 Å². The highest BCUT2D eigenvalue weighted by Gasteiger charge is 2.12. The molecule has 3 N–H and O–H groups in total. The van der Waals surface area contributed by atoms with E-state index in [1.165, 1.54) is 0 Å². The summed E-state index contributed by atoms with van der Waals surface area (Å²) in [4.78, 5) is 5.86. The SMILES string of the molecule is CC(c1ccccn1)N(C)C(=N)N. The van der Waals surface area contributed by atoms with Crippen molar-refractivity contribution >= 4 is 5.96 Å². The van der Waals surface area contributed by atoms with E-state index >= 15 is 0 Å². The minimum Gasteiger partial charge on any atom is -0.370 e. The maximum Gasteiger partial charge on any atom is 0.188 e. The fourth-order valence-electron chi connectivity index (χ4n) is 1.03. The first-order chi connectivity index (χ1) is 6.13. The van der Waals surface area contributed by atoms with Crippen LogP contribution in [0.25, 0.3) is 0 Å². The highest BCUT2D eigenvalue weighted by Crippen LogP contribution is 2.14. The van der Waals surface area contributed by atoms with E-state index in [1.807, 2.05) is 25.1 Å². The van der Waals surface area contributed by atoms with E-state index in [4.69, 9.17) is 11.1 Å². The van der Waals surface area contributed by atoms with Crippen LogP contribution in [0.5, 0.6) is 0 Å². The molecule has 1 atom stereocenters. The van der Waals surface area contributed by atoms with Gasteiger partial charge in [0.25, 0.3) is 0 Å². The van der Waals surface area contributed by atoms with Crippen molar-refractivity contribution in [3.05, 3.63) is 30.1 Å². The van der Waals surface area contributed by atoms with E-state index in [2.05, 4.69) is 4.98 Å². The third-order valence-corrected chi connectivity index (χ3v) is 2.08. The molecule has 0 saturated heterocycles. The third-order valence-electron chi connectivity index (χ3n) is 2.08. The fourth-order valence-corrected chi connectivity index (χ4v) is 1.03. The largest absolute Gasteiger partial charge is 0.370 e. The highest BCUT2D eigenvalue weighted by atomic mass is 15.2. The van der Waals surface area contributed by atoms with Gasteiger partial charge in [-0.1, -0.05) is 6.07 Å². The molecular formula is C9H14N4. The molecule has 0 aliphatic rings. The number of nitrogens with zero attached hydrogens (tertiary/aromatic N) is 2. The minimum atomic E-state index is 0.0405. The Morgan fingerprint density at radius 2 is 2.31 bits per heavy atom. The van der Waals surface area contributed by atoms with Gasteiger partial charge in [0, 0.05) is 13.2 Å². The number of hydrogen-bond donors (Lipinski definition) is 2. The molecule has 1 aromatic rings. The standard InChI is InChI=1S/C9H14N4/c1-7(13(2)9(10)11)8-5-3-4-6-12-8/h3-7H,1-2H3,(H3,10,11). The summed E-state index contributed by atoms with van der Waals surface area (Å²) >= 11 is 0. The second-order valence-electron chi connectivity index (χ2n) is 2.93. The summed E-state index contributed by atoms with van der Waals surface area (Å²) in [6.07, 6.45) is 1.74. The Morgan fingerprint density at radius 1 is 1.62 bits per heavy atom. The number of hydrogen-bond acceptors (Lipinski definition) is 2. The van der Waals surface area contributed by atoms with Crippen LogP contribution in [0.1, 0.15) is 18.7 Å². The van der Waals surface area contributed by atoms with Gasteiger partial charge in [-0.25, -0.2) is 0 Å². The van der Waals surface area contributed by atoms with Crippen LogP contribution in [0.15, 0.2) is 24.4 Å². The van der Waals surface area contributed by atoms with E-state index in [1.54, 1.807) is 18.1 Å². The van der Waals surface area contributed by atoms with Crippen LogP contribution < -0.4 is 5.73 Å². The van der Waals surface area contributed by atoms with Gasteiger partial charge in [0.05, 0.1) is 11.7 Å². The number of rotatable bonds is 2. The molecule has 0 radical (unpaired) electrons. The van der Waals surface area contributed by atoms with Crippen molar-refractivity contribution in [3.63, 3.8) is 0 Å². The summed E-state index contributed by atoms with van der Waals surface area (Å²) in [5.41, 5.74) is 6.27. The number of guanidine groups is 1. The third kappa shape index (κ3) is 2.18. The molecule has 70 valence electrons. The Morgan fingerprint density at radius 3 is 2.77 bits per heavy atom. The lowest BCUT2D eigenvalue weighted by molar-refractivity contribution is 0.388. The van der Waals surface area contributed by atoms with E-state index < -0.39 is 0 Å². The Balaban J connectivity index is 2.79. The van der Waals surface area contributed by atoms with Crippen molar-refractivity contribution in [2.45, 2.75) is 13.0 Å². The number of nitrogens with one attached hydrogen (secondary N) is 1. The molecule has 1 unspecified atom stereocenters. The Kier molecular flexibility index (Phi) is 2.84. The molecule has 0 aliphatic heterocycles. The summed E-state index contributed by atoms with van der Waals surface area (Å²) in [6, 6.07) is 5.75. The van der Waals surface area contributed by atoms with Crippen LogP contribution in [0.3, 0.4) is 0 Å². The highest BCUT2D eigenvalue weighted by molar-refractivity contribution is 5.74. The first-order valence-corrected chi connectivity index (χ1v) is 4.10. The average Bonchev–Trinajstić information content (AvgIpc) is 2.17. The summed E-state index contributed by atoms with van der Waals surface area (Å²) < 4.78 is 0. The van der Waals surface area contributed by atoms with Gasteiger partial charge in [-0.05, 0) is 19.1 Å². The molecule has 1 heterocycles. The lowest BCUT2D eigenvalue weighted by atomic mass is 10.2. The molecule has 0 aliphatic carbocycles. The predicted octanol–water partition coefficient (Wildman–Crippen LogP) is 0.968.